The highest BCUT2D eigenvalue weighted by Gasteiger charge is 2.20. The maximum Gasteiger partial charge on any atom is 0.116 e. The highest BCUT2D eigenvalue weighted by atomic mass is 35.5. The quantitative estimate of drug-likeness (QED) is 0.539. The number of thiophene rings is 1. The second-order valence-corrected chi connectivity index (χ2v) is 9.19. The third kappa shape index (κ3) is 2.47. The minimum Gasteiger partial charge on any atom is -0.153 e. The number of alkyl halides is 1. The van der Waals surface area contributed by atoms with Crippen LogP contribution in [0.5, 0.6) is 0 Å². The first-order valence-electron chi connectivity index (χ1n) is 3.94. The lowest BCUT2D eigenvalue weighted by Gasteiger charge is -2.14. The predicted octanol–water partition coefficient (Wildman–Crippen LogP) is 3.00. The number of hydrogen-bond donors (Lipinski definition) is 0. The van der Waals surface area contributed by atoms with Gasteiger partial charge >= 0.3 is 0 Å². The van der Waals surface area contributed by atoms with E-state index >= 15 is 0 Å². The average molecular weight is 217 g/mol. The smallest absolute Gasteiger partial charge is 0.116 e. The third-order valence-corrected chi connectivity index (χ3v) is 7.08. The van der Waals surface area contributed by atoms with Crippen molar-refractivity contribution in [1.29, 1.82) is 0 Å². The highest BCUT2D eigenvalue weighted by Crippen LogP contribution is 2.09. The minimum atomic E-state index is -1.29. The molecule has 12 heavy (non-hydrogen) atoms. The van der Waals surface area contributed by atoms with E-state index in [-0.39, 0.29) is 0 Å². The van der Waals surface area contributed by atoms with Gasteiger partial charge in [-0.15, -0.1) is 11.6 Å². The maximum atomic E-state index is 5.61. The van der Waals surface area contributed by atoms with Crippen LogP contribution in [0.2, 0.25) is 13.1 Å². The van der Waals surface area contributed by atoms with Crippen molar-refractivity contribution >= 4 is 35.5 Å². The molecular weight excluding hydrogens is 204 g/mol. The van der Waals surface area contributed by atoms with E-state index in [9.17, 15) is 0 Å². The van der Waals surface area contributed by atoms with Gasteiger partial charge in [0.25, 0.3) is 0 Å². The first-order chi connectivity index (χ1) is 5.67. The summed E-state index contributed by atoms with van der Waals surface area (Å²) >= 11 is 7.46. The Balaban J connectivity index is 2.79. The normalized spacial score (nSPS) is 12.6. The molecule has 1 rings (SSSR count). The van der Waals surface area contributed by atoms with Crippen molar-refractivity contribution in [3.05, 3.63) is 29.3 Å². The Bertz CT molecular complexity index is 252. The summed E-state index contributed by atoms with van der Waals surface area (Å²) in [5, 5.41) is 2.14. The summed E-state index contributed by atoms with van der Waals surface area (Å²) < 4.78 is 1.52. The summed E-state index contributed by atoms with van der Waals surface area (Å²) in [4.78, 5) is 0. The van der Waals surface area contributed by atoms with Crippen molar-refractivity contribution in [1.82, 2.24) is 0 Å². The molecule has 0 spiro atoms. The highest BCUT2D eigenvalue weighted by molar-refractivity contribution is 7.26. The molecule has 0 aromatic carbocycles. The van der Waals surface area contributed by atoms with Crippen LogP contribution in [0, 0.1) is 0 Å². The van der Waals surface area contributed by atoms with Gasteiger partial charge in [0.15, 0.2) is 0 Å². The van der Waals surface area contributed by atoms with Crippen molar-refractivity contribution in [3.8, 4) is 0 Å². The van der Waals surface area contributed by atoms with E-state index in [0.29, 0.717) is 5.88 Å². The molecule has 0 atom stereocenters. The monoisotopic (exact) mass is 216 g/mol. The zero-order valence-corrected chi connectivity index (χ0v) is 9.95. The number of rotatable bonds is 3. The molecule has 0 radical (unpaired) electrons. The summed E-state index contributed by atoms with van der Waals surface area (Å²) in [6.07, 6.45) is 2.06. The second kappa shape index (κ2) is 4.26. The third-order valence-electron chi connectivity index (χ3n) is 1.78. The second-order valence-electron chi connectivity index (χ2n) is 3.26. The fourth-order valence-corrected chi connectivity index (χ4v) is 4.79. The molecule has 0 nitrogen and oxygen atoms in total. The Kier molecular flexibility index (Phi) is 3.56. The molecule has 0 N–H and O–H groups in total. The Morgan fingerprint density at radius 1 is 1.58 bits per heavy atom. The average Bonchev–Trinajstić information content (AvgIpc) is 2.53. The molecule has 0 fully saturated rings. The summed E-state index contributed by atoms with van der Waals surface area (Å²) in [6.45, 7) is 4.67. The Hall–Kier alpha value is -0.0531. The van der Waals surface area contributed by atoms with Gasteiger partial charge in [-0.3, -0.25) is 0 Å². The van der Waals surface area contributed by atoms with Gasteiger partial charge in [0, 0.05) is 5.88 Å². The molecule has 0 unspecified atom stereocenters. The SMILES string of the molecule is C[Si](C)(/C=C/CCl)c1cccs1. The summed E-state index contributed by atoms with van der Waals surface area (Å²) in [7, 11) is -1.29. The van der Waals surface area contributed by atoms with Crippen LogP contribution in [0.4, 0.5) is 0 Å². The lowest BCUT2D eigenvalue weighted by Crippen LogP contribution is -2.37. The van der Waals surface area contributed by atoms with E-state index in [0.717, 1.165) is 0 Å². The van der Waals surface area contributed by atoms with Gasteiger partial charge in [-0.2, -0.15) is 11.3 Å². The van der Waals surface area contributed by atoms with Gasteiger partial charge in [-0.05, 0) is 9.88 Å². The molecule has 0 aliphatic carbocycles. The maximum absolute atomic E-state index is 5.61. The van der Waals surface area contributed by atoms with Gasteiger partial charge in [0.2, 0.25) is 0 Å². The van der Waals surface area contributed by atoms with E-state index in [1.807, 2.05) is 11.3 Å². The van der Waals surface area contributed by atoms with Crippen molar-refractivity contribution in [2.24, 2.45) is 0 Å². The lowest BCUT2D eigenvalue weighted by molar-refractivity contribution is 1.73. The summed E-state index contributed by atoms with van der Waals surface area (Å²) in [6, 6.07) is 4.33. The van der Waals surface area contributed by atoms with Crippen molar-refractivity contribution in [2.45, 2.75) is 13.1 Å². The van der Waals surface area contributed by atoms with Gasteiger partial charge in [0.05, 0.1) is 0 Å². The molecule has 0 saturated carbocycles. The van der Waals surface area contributed by atoms with Crippen LogP contribution in [0.1, 0.15) is 0 Å². The van der Waals surface area contributed by atoms with E-state index < -0.39 is 8.07 Å². The van der Waals surface area contributed by atoms with Crippen LogP contribution in [-0.4, -0.2) is 14.0 Å². The minimum absolute atomic E-state index is 0.627. The van der Waals surface area contributed by atoms with Crippen molar-refractivity contribution in [3.63, 3.8) is 0 Å². The first-order valence-corrected chi connectivity index (χ1v) is 8.43. The molecule has 66 valence electrons. The molecule has 1 heterocycles. The fourth-order valence-electron chi connectivity index (χ4n) is 1.07. The molecular formula is C9H13ClSSi. The molecule has 0 saturated heterocycles. The number of allylic oxidation sites excluding steroid dienone is 1. The van der Waals surface area contributed by atoms with Crippen LogP contribution < -0.4 is 4.50 Å². The van der Waals surface area contributed by atoms with E-state index in [2.05, 4.69) is 42.4 Å². The Labute approximate surface area is 83.9 Å². The molecule has 0 aliphatic rings. The molecule has 0 amide bonds. The number of halogens is 1. The van der Waals surface area contributed by atoms with E-state index in [4.69, 9.17) is 11.6 Å². The predicted molar refractivity (Wildman–Crippen MR) is 61.3 cm³/mol. The van der Waals surface area contributed by atoms with E-state index in [1.54, 1.807) is 0 Å². The number of hydrogen-bond acceptors (Lipinski definition) is 1. The van der Waals surface area contributed by atoms with Crippen molar-refractivity contribution in [2.75, 3.05) is 5.88 Å². The fraction of sp³-hybridized carbons (Fsp3) is 0.333. The molecule has 3 heteroatoms. The van der Waals surface area contributed by atoms with Gasteiger partial charge in [-0.1, -0.05) is 37.0 Å². The molecule has 0 bridgehead atoms. The Morgan fingerprint density at radius 2 is 2.33 bits per heavy atom. The largest absolute Gasteiger partial charge is 0.153 e. The zero-order valence-electron chi connectivity index (χ0n) is 7.38. The summed E-state index contributed by atoms with van der Waals surface area (Å²) in [5.41, 5.74) is 2.30. The standard InChI is InChI=1S/C9H13ClSSi/c1-12(2,8-4-6-10)9-5-3-7-11-9/h3-5,7-8H,6H2,1-2H3/b8-4+. The van der Waals surface area contributed by atoms with Gasteiger partial charge in [-0.25, -0.2) is 0 Å². The van der Waals surface area contributed by atoms with Crippen LogP contribution in [-0.2, 0) is 0 Å². The lowest BCUT2D eigenvalue weighted by atomic mass is 10.7. The van der Waals surface area contributed by atoms with Crippen LogP contribution in [0.3, 0.4) is 0 Å². The molecule has 1 aromatic heterocycles. The van der Waals surface area contributed by atoms with Gasteiger partial charge in [0.1, 0.15) is 8.07 Å². The Morgan fingerprint density at radius 3 is 2.83 bits per heavy atom. The van der Waals surface area contributed by atoms with Crippen molar-refractivity contribution < 1.29 is 0 Å². The zero-order chi connectivity index (χ0) is 9.03. The van der Waals surface area contributed by atoms with Crippen LogP contribution in [0.25, 0.3) is 0 Å². The molecule has 0 aliphatic heterocycles. The van der Waals surface area contributed by atoms with Crippen LogP contribution >= 0.6 is 22.9 Å². The molecule has 1 aromatic rings. The first kappa shape index (κ1) is 10.0. The topological polar surface area (TPSA) is 0 Å². The van der Waals surface area contributed by atoms with E-state index in [1.165, 1.54) is 4.50 Å². The van der Waals surface area contributed by atoms with Crippen LogP contribution in [0.15, 0.2) is 29.3 Å². The summed E-state index contributed by atoms with van der Waals surface area (Å²) in [5.74, 6) is 0.627. The van der Waals surface area contributed by atoms with Gasteiger partial charge < -0.3 is 0 Å².